The molecule has 2 aromatic heterocycles. The maximum atomic E-state index is 11.7. The molecule has 0 radical (unpaired) electrons. The molecule has 2 aromatic carbocycles. The first kappa shape index (κ1) is 18.4. The lowest BCUT2D eigenvalue weighted by atomic mass is 10.2. The molecule has 0 unspecified atom stereocenters. The summed E-state index contributed by atoms with van der Waals surface area (Å²) in [6.07, 6.45) is 7.72. The number of nitrogens with zero attached hydrogens (tertiary/aromatic N) is 3. The SMILES string of the molecule is CCCCCc1nc2c(Sc3cccc4cnccc34)c([N+](=O)[O-])ccc2[nH]1. The van der Waals surface area contributed by atoms with Crippen molar-refractivity contribution in [1.82, 2.24) is 15.0 Å². The highest BCUT2D eigenvalue weighted by atomic mass is 32.2. The zero-order valence-corrected chi connectivity index (χ0v) is 16.3. The van der Waals surface area contributed by atoms with E-state index in [0.29, 0.717) is 10.4 Å². The number of nitro benzene ring substituents is 1. The third kappa shape index (κ3) is 3.57. The molecule has 0 fully saturated rings. The number of hydrogen-bond donors (Lipinski definition) is 1. The van der Waals surface area contributed by atoms with Gasteiger partial charge in [0.2, 0.25) is 0 Å². The van der Waals surface area contributed by atoms with Crippen LogP contribution in [0.15, 0.2) is 58.6 Å². The Balaban J connectivity index is 1.81. The Morgan fingerprint density at radius 3 is 2.89 bits per heavy atom. The van der Waals surface area contributed by atoms with E-state index >= 15 is 0 Å². The summed E-state index contributed by atoms with van der Waals surface area (Å²) < 4.78 is 0. The molecule has 4 aromatic rings. The van der Waals surface area contributed by atoms with Gasteiger partial charge in [-0.25, -0.2) is 4.98 Å². The molecule has 142 valence electrons. The smallest absolute Gasteiger partial charge is 0.285 e. The van der Waals surface area contributed by atoms with Crippen LogP contribution in [0.1, 0.15) is 32.0 Å². The minimum atomic E-state index is -0.333. The van der Waals surface area contributed by atoms with Crippen molar-refractivity contribution in [2.45, 2.75) is 42.4 Å². The molecule has 4 rings (SSSR count). The van der Waals surface area contributed by atoms with Crippen molar-refractivity contribution in [2.75, 3.05) is 0 Å². The molecule has 0 saturated heterocycles. The van der Waals surface area contributed by atoms with Crippen molar-refractivity contribution in [1.29, 1.82) is 0 Å². The minimum absolute atomic E-state index is 0.0789. The van der Waals surface area contributed by atoms with Crippen molar-refractivity contribution >= 4 is 39.3 Å². The number of aromatic nitrogens is 3. The predicted octanol–water partition coefficient (Wildman–Crippen LogP) is 5.90. The molecule has 28 heavy (non-hydrogen) atoms. The van der Waals surface area contributed by atoms with E-state index in [1.165, 1.54) is 11.8 Å². The number of H-pyrrole nitrogens is 1. The van der Waals surface area contributed by atoms with Crippen LogP contribution in [0, 0.1) is 10.1 Å². The number of aromatic amines is 1. The Labute approximate surface area is 166 Å². The van der Waals surface area contributed by atoms with E-state index in [1.807, 2.05) is 24.3 Å². The van der Waals surface area contributed by atoms with Gasteiger partial charge in [0, 0.05) is 35.2 Å². The highest BCUT2D eigenvalue weighted by Crippen LogP contribution is 2.41. The molecular formula is C21H20N4O2S. The Bertz CT molecular complexity index is 1150. The fraction of sp³-hybridized carbons (Fsp3) is 0.238. The lowest BCUT2D eigenvalue weighted by Gasteiger charge is -2.07. The first-order valence-electron chi connectivity index (χ1n) is 9.34. The quantitative estimate of drug-likeness (QED) is 0.240. The van der Waals surface area contributed by atoms with E-state index in [1.54, 1.807) is 24.5 Å². The first-order valence-corrected chi connectivity index (χ1v) is 10.2. The zero-order valence-electron chi connectivity index (χ0n) is 15.5. The van der Waals surface area contributed by atoms with Crippen molar-refractivity contribution in [3.63, 3.8) is 0 Å². The lowest BCUT2D eigenvalue weighted by Crippen LogP contribution is -1.92. The maximum absolute atomic E-state index is 11.7. The van der Waals surface area contributed by atoms with Gasteiger partial charge in [-0.1, -0.05) is 43.7 Å². The average molecular weight is 392 g/mol. The molecule has 0 saturated carbocycles. The number of hydrogen-bond acceptors (Lipinski definition) is 5. The van der Waals surface area contributed by atoms with E-state index in [9.17, 15) is 10.1 Å². The summed E-state index contributed by atoms with van der Waals surface area (Å²) >= 11 is 1.39. The second-order valence-electron chi connectivity index (χ2n) is 6.66. The topological polar surface area (TPSA) is 84.7 Å². The number of rotatable bonds is 7. The van der Waals surface area contributed by atoms with Gasteiger partial charge in [-0.05, 0) is 30.0 Å². The van der Waals surface area contributed by atoms with Crippen molar-refractivity contribution < 1.29 is 4.92 Å². The molecule has 0 amide bonds. The molecule has 0 aliphatic heterocycles. The van der Waals surface area contributed by atoms with Crippen LogP contribution in [0.3, 0.4) is 0 Å². The van der Waals surface area contributed by atoms with Gasteiger partial charge in [-0.3, -0.25) is 15.1 Å². The van der Waals surface area contributed by atoms with E-state index in [2.05, 4.69) is 16.9 Å². The minimum Gasteiger partial charge on any atom is -0.342 e. The van der Waals surface area contributed by atoms with Gasteiger partial charge < -0.3 is 4.98 Å². The summed E-state index contributed by atoms with van der Waals surface area (Å²) in [6.45, 7) is 2.16. The van der Waals surface area contributed by atoms with Gasteiger partial charge in [0.15, 0.2) is 0 Å². The van der Waals surface area contributed by atoms with Gasteiger partial charge in [-0.2, -0.15) is 0 Å². The third-order valence-electron chi connectivity index (χ3n) is 4.70. The predicted molar refractivity (Wildman–Crippen MR) is 112 cm³/mol. The fourth-order valence-corrected chi connectivity index (χ4v) is 4.45. The molecule has 0 aliphatic carbocycles. The number of benzene rings is 2. The normalized spacial score (nSPS) is 11.3. The summed E-state index contributed by atoms with van der Waals surface area (Å²) in [5, 5.41) is 13.7. The lowest BCUT2D eigenvalue weighted by molar-refractivity contribution is -0.387. The van der Waals surface area contributed by atoms with Crippen LogP contribution in [-0.2, 0) is 6.42 Å². The molecule has 6 nitrogen and oxygen atoms in total. The maximum Gasteiger partial charge on any atom is 0.285 e. The van der Waals surface area contributed by atoms with Crippen LogP contribution in [0.4, 0.5) is 5.69 Å². The monoisotopic (exact) mass is 392 g/mol. The molecule has 7 heteroatoms. The number of aryl methyl sites for hydroxylation is 1. The zero-order chi connectivity index (χ0) is 19.5. The van der Waals surface area contributed by atoms with Crippen molar-refractivity contribution in [2.24, 2.45) is 0 Å². The first-order chi connectivity index (χ1) is 13.7. The summed E-state index contributed by atoms with van der Waals surface area (Å²) in [6, 6.07) is 11.2. The fourth-order valence-electron chi connectivity index (χ4n) is 3.29. The molecule has 1 N–H and O–H groups in total. The standard InChI is InChI=1S/C21H20N4O2S/c1-2-3-4-8-19-23-16-9-10-17(25(26)27)21(20(16)24-19)28-18-7-5-6-14-13-22-12-11-15(14)18/h5-7,9-13H,2-4,8H2,1H3,(H,23,24). The van der Waals surface area contributed by atoms with E-state index in [-0.39, 0.29) is 10.6 Å². The number of pyridine rings is 1. The van der Waals surface area contributed by atoms with Crippen molar-refractivity contribution in [3.05, 3.63) is 64.7 Å². The summed E-state index contributed by atoms with van der Waals surface area (Å²) in [5.74, 6) is 0.882. The van der Waals surface area contributed by atoms with Crippen LogP contribution in [0.5, 0.6) is 0 Å². The molecule has 0 atom stereocenters. The van der Waals surface area contributed by atoms with E-state index in [4.69, 9.17) is 4.98 Å². The van der Waals surface area contributed by atoms with Crippen molar-refractivity contribution in [3.8, 4) is 0 Å². The van der Waals surface area contributed by atoms with E-state index < -0.39 is 0 Å². The van der Waals surface area contributed by atoms with Crippen LogP contribution in [0.25, 0.3) is 21.8 Å². The second kappa shape index (κ2) is 7.98. The van der Waals surface area contributed by atoms with Gasteiger partial charge in [-0.15, -0.1) is 0 Å². The number of fused-ring (bicyclic) bond motifs is 2. The van der Waals surface area contributed by atoms with Crippen LogP contribution in [-0.4, -0.2) is 19.9 Å². The Kier molecular flexibility index (Phi) is 5.25. The summed E-state index contributed by atoms with van der Waals surface area (Å²) in [5.41, 5.74) is 1.58. The number of nitro groups is 1. The summed E-state index contributed by atoms with van der Waals surface area (Å²) in [7, 11) is 0. The number of unbranched alkanes of at least 4 members (excludes halogenated alkanes) is 2. The second-order valence-corrected chi connectivity index (χ2v) is 7.71. The largest absolute Gasteiger partial charge is 0.342 e. The van der Waals surface area contributed by atoms with Gasteiger partial charge >= 0.3 is 0 Å². The van der Waals surface area contributed by atoms with Crippen LogP contribution in [0.2, 0.25) is 0 Å². The highest BCUT2D eigenvalue weighted by Gasteiger charge is 2.21. The van der Waals surface area contributed by atoms with Crippen LogP contribution >= 0.6 is 11.8 Å². The average Bonchev–Trinajstić information content (AvgIpc) is 3.12. The number of nitrogens with one attached hydrogen (secondary N) is 1. The Morgan fingerprint density at radius 2 is 2.07 bits per heavy atom. The third-order valence-corrected chi connectivity index (χ3v) is 5.89. The molecular weight excluding hydrogens is 372 g/mol. The van der Waals surface area contributed by atoms with Gasteiger partial charge in [0.1, 0.15) is 16.2 Å². The molecule has 0 aliphatic rings. The molecule has 0 spiro atoms. The number of imidazole rings is 1. The Hall–Kier alpha value is -2.93. The van der Waals surface area contributed by atoms with Gasteiger partial charge in [0.25, 0.3) is 5.69 Å². The molecule has 0 bridgehead atoms. The summed E-state index contributed by atoms with van der Waals surface area (Å²) in [4.78, 5) is 25.1. The Morgan fingerprint density at radius 1 is 1.18 bits per heavy atom. The van der Waals surface area contributed by atoms with E-state index in [0.717, 1.165) is 52.7 Å². The van der Waals surface area contributed by atoms with Gasteiger partial charge in [0.05, 0.1) is 10.4 Å². The highest BCUT2D eigenvalue weighted by molar-refractivity contribution is 8.00. The van der Waals surface area contributed by atoms with Crippen LogP contribution < -0.4 is 0 Å². The molecule has 2 heterocycles.